The second kappa shape index (κ2) is 6.35. The number of benzene rings is 4. The highest BCUT2D eigenvalue weighted by Crippen LogP contribution is 2.33. The van der Waals surface area contributed by atoms with Gasteiger partial charge in [0.05, 0.1) is 0 Å². The van der Waals surface area contributed by atoms with Gasteiger partial charge in [0, 0.05) is 33.9 Å². The molecule has 2 aromatic heterocycles. The lowest BCUT2D eigenvalue weighted by Crippen LogP contribution is -1.98. The van der Waals surface area contributed by atoms with E-state index in [2.05, 4.69) is 82.3 Å². The predicted octanol–water partition coefficient (Wildman–Crippen LogP) is 6.65. The fourth-order valence-corrected chi connectivity index (χ4v) is 4.12. The third-order valence-corrected chi connectivity index (χ3v) is 5.50. The summed E-state index contributed by atoms with van der Waals surface area (Å²) in [5, 5.41) is 2.47. The largest absolute Gasteiger partial charge is 0.436 e. The van der Waals surface area contributed by atoms with E-state index in [1.165, 1.54) is 27.4 Å². The molecule has 138 valence electrons. The molecule has 6 rings (SSSR count). The van der Waals surface area contributed by atoms with E-state index in [4.69, 9.17) is 4.42 Å². The van der Waals surface area contributed by atoms with Crippen molar-refractivity contribution >= 4 is 32.9 Å². The molecule has 0 bridgehead atoms. The quantitative estimate of drug-likeness (QED) is 0.347. The van der Waals surface area contributed by atoms with Crippen LogP contribution in [-0.4, -0.2) is 9.55 Å². The average Bonchev–Trinajstić information content (AvgIpc) is 3.34. The summed E-state index contributed by atoms with van der Waals surface area (Å²) in [7, 11) is 0. The molecule has 0 N–H and O–H groups in total. The van der Waals surface area contributed by atoms with Crippen LogP contribution in [0.3, 0.4) is 0 Å². The standard InChI is InChI=1S/C26H18N2O/c1-2-8-18(9-3-1)17-28-23-12-6-4-10-20(23)21-16-19(14-15-24(21)28)26-27-22-11-5-7-13-25(22)29-26/h1-16H,17H2. The zero-order valence-electron chi connectivity index (χ0n) is 15.7. The predicted molar refractivity (Wildman–Crippen MR) is 118 cm³/mol. The first-order valence-electron chi connectivity index (χ1n) is 9.78. The van der Waals surface area contributed by atoms with Gasteiger partial charge in [-0.2, -0.15) is 0 Å². The van der Waals surface area contributed by atoms with E-state index < -0.39 is 0 Å². The highest BCUT2D eigenvalue weighted by molar-refractivity contribution is 6.09. The Morgan fingerprint density at radius 2 is 1.45 bits per heavy atom. The van der Waals surface area contributed by atoms with Crippen LogP contribution in [0.1, 0.15) is 5.56 Å². The van der Waals surface area contributed by atoms with Crippen molar-refractivity contribution in [2.45, 2.75) is 6.54 Å². The molecule has 0 saturated heterocycles. The van der Waals surface area contributed by atoms with Crippen LogP contribution in [-0.2, 0) is 6.54 Å². The molecule has 0 radical (unpaired) electrons. The first kappa shape index (κ1) is 16.1. The Kier molecular flexibility index (Phi) is 3.53. The van der Waals surface area contributed by atoms with E-state index in [9.17, 15) is 0 Å². The fraction of sp³-hybridized carbons (Fsp3) is 0.0385. The van der Waals surface area contributed by atoms with Crippen molar-refractivity contribution < 1.29 is 4.42 Å². The molecule has 0 aliphatic heterocycles. The van der Waals surface area contributed by atoms with Crippen molar-refractivity contribution in [1.82, 2.24) is 9.55 Å². The maximum absolute atomic E-state index is 6.00. The van der Waals surface area contributed by atoms with Gasteiger partial charge >= 0.3 is 0 Å². The van der Waals surface area contributed by atoms with E-state index >= 15 is 0 Å². The summed E-state index contributed by atoms with van der Waals surface area (Å²) in [6.07, 6.45) is 0. The van der Waals surface area contributed by atoms with E-state index in [0.717, 1.165) is 23.2 Å². The summed E-state index contributed by atoms with van der Waals surface area (Å²) in [4.78, 5) is 4.67. The molecule has 0 spiro atoms. The molecule has 0 aliphatic carbocycles. The topological polar surface area (TPSA) is 31.0 Å². The number of hydrogen-bond donors (Lipinski definition) is 0. The molecule has 0 atom stereocenters. The summed E-state index contributed by atoms with van der Waals surface area (Å²) in [6, 6.07) is 33.5. The number of aromatic nitrogens is 2. The van der Waals surface area contributed by atoms with Gasteiger partial charge < -0.3 is 8.98 Å². The second-order valence-corrected chi connectivity index (χ2v) is 7.31. The minimum atomic E-state index is 0.660. The van der Waals surface area contributed by atoms with E-state index in [-0.39, 0.29) is 0 Å². The van der Waals surface area contributed by atoms with Gasteiger partial charge in [-0.05, 0) is 42.0 Å². The van der Waals surface area contributed by atoms with Crippen LogP contribution >= 0.6 is 0 Å². The van der Waals surface area contributed by atoms with Crippen LogP contribution in [0.15, 0.2) is 101 Å². The SMILES string of the molecule is c1ccc(Cn2c3ccccc3c3cc(-c4nc5ccccc5o4)ccc32)cc1. The Morgan fingerprint density at radius 3 is 2.34 bits per heavy atom. The van der Waals surface area contributed by atoms with Gasteiger partial charge in [-0.3, -0.25) is 0 Å². The van der Waals surface area contributed by atoms with Crippen LogP contribution in [0.2, 0.25) is 0 Å². The van der Waals surface area contributed by atoms with Gasteiger partial charge in [0.1, 0.15) is 5.52 Å². The number of para-hydroxylation sites is 3. The lowest BCUT2D eigenvalue weighted by atomic mass is 10.1. The lowest BCUT2D eigenvalue weighted by molar-refractivity contribution is 0.620. The molecule has 0 aliphatic rings. The maximum atomic E-state index is 6.00. The van der Waals surface area contributed by atoms with Crippen molar-refractivity contribution in [3.8, 4) is 11.5 Å². The number of hydrogen-bond acceptors (Lipinski definition) is 2. The normalized spacial score (nSPS) is 11.6. The number of nitrogens with zero attached hydrogens (tertiary/aromatic N) is 2. The first-order valence-corrected chi connectivity index (χ1v) is 9.78. The van der Waals surface area contributed by atoms with Gasteiger partial charge in [0.2, 0.25) is 5.89 Å². The molecule has 3 nitrogen and oxygen atoms in total. The number of fused-ring (bicyclic) bond motifs is 4. The molecule has 29 heavy (non-hydrogen) atoms. The van der Waals surface area contributed by atoms with Crippen molar-refractivity contribution in [3.05, 3.63) is 103 Å². The van der Waals surface area contributed by atoms with Crippen LogP contribution in [0.4, 0.5) is 0 Å². The summed E-state index contributed by atoms with van der Waals surface area (Å²) >= 11 is 0. The molecule has 3 heteroatoms. The molecule has 4 aromatic carbocycles. The Bertz CT molecular complexity index is 1440. The van der Waals surface area contributed by atoms with Crippen LogP contribution in [0, 0.1) is 0 Å². The van der Waals surface area contributed by atoms with Gasteiger partial charge in [0.15, 0.2) is 5.58 Å². The Morgan fingerprint density at radius 1 is 0.690 bits per heavy atom. The van der Waals surface area contributed by atoms with E-state index in [1.54, 1.807) is 0 Å². The van der Waals surface area contributed by atoms with Crippen molar-refractivity contribution in [3.63, 3.8) is 0 Å². The van der Waals surface area contributed by atoms with Gasteiger partial charge in [-0.1, -0.05) is 60.7 Å². The van der Waals surface area contributed by atoms with E-state index in [1.807, 2.05) is 24.3 Å². The van der Waals surface area contributed by atoms with Crippen LogP contribution < -0.4 is 0 Å². The second-order valence-electron chi connectivity index (χ2n) is 7.31. The Balaban J connectivity index is 1.56. The lowest BCUT2D eigenvalue weighted by Gasteiger charge is -2.08. The maximum Gasteiger partial charge on any atom is 0.227 e. The molecular formula is C26H18N2O. The minimum absolute atomic E-state index is 0.660. The molecule has 2 heterocycles. The highest BCUT2D eigenvalue weighted by atomic mass is 16.3. The molecule has 6 aromatic rings. The van der Waals surface area contributed by atoms with Crippen LogP contribution in [0.25, 0.3) is 44.4 Å². The molecule has 0 amide bonds. The summed E-state index contributed by atoms with van der Waals surface area (Å²) in [6.45, 7) is 0.840. The summed E-state index contributed by atoms with van der Waals surface area (Å²) in [5.41, 5.74) is 6.44. The number of oxazole rings is 1. The van der Waals surface area contributed by atoms with Gasteiger partial charge in [0.25, 0.3) is 0 Å². The monoisotopic (exact) mass is 374 g/mol. The third-order valence-electron chi connectivity index (χ3n) is 5.50. The van der Waals surface area contributed by atoms with Crippen molar-refractivity contribution in [2.75, 3.05) is 0 Å². The zero-order valence-corrected chi connectivity index (χ0v) is 15.7. The summed E-state index contributed by atoms with van der Waals surface area (Å²) in [5.74, 6) is 0.660. The van der Waals surface area contributed by atoms with Gasteiger partial charge in [-0.15, -0.1) is 0 Å². The van der Waals surface area contributed by atoms with Crippen molar-refractivity contribution in [1.29, 1.82) is 0 Å². The molecule has 0 unspecified atom stereocenters. The Labute approximate surface area is 167 Å². The molecule has 0 fully saturated rings. The Hall–Kier alpha value is -3.85. The fourth-order valence-electron chi connectivity index (χ4n) is 4.12. The first-order chi connectivity index (χ1) is 14.4. The van der Waals surface area contributed by atoms with E-state index in [0.29, 0.717) is 5.89 Å². The smallest absolute Gasteiger partial charge is 0.227 e. The average molecular weight is 374 g/mol. The van der Waals surface area contributed by atoms with Gasteiger partial charge in [-0.25, -0.2) is 4.98 Å². The zero-order chi connectivity index (χ0) is 19.2. The van der Waals surface area contributed by atoms with Crippen LogP contribution in [0.5, 0.6) is 0 Å². The molecular weight excluding hydrogens is 356 g/mol. The third kappa shape index (κ3) is 2.63. The van der Waals surface area contributed by atoms with Crippen molar-refractivity contribution in [2.24, 2.45) is 0 Å². The highest BCUT2D eigenvalue weighted by Gasteiger charge is 2.14. The minimum Gasteiger partial charge on any atom is -0.436 e. The number of rotatable bonds is 3. The summed E-state index contributed by atoms with van der Waals surface area (Å²) < 4.78 is 8.38. The molecule has 0 saturated carbocycles.